The Morgan fingerprint density at radius 1 is 1.00 bits per heavy atom. The number of phenols is 1. The predicted molar refractivity (Wildman–Crippen MR) is 84.0 cm³/mol. The number of ether oxygens (including phenoxy) is 2. The van der Waals surface area contributed by atoms with Crippen molar-refractivity contribution in [1.82, 2.24) is 0 Å². The molecule has 122 valence electrons. The number of aryl methyl sites for hydroxylation is 1. The molecule has 0 spiro atoms. The van der Waals surface area contributed by atoms with Crippen LogP contribution in [0.4, 0.5) is 0 Å². The lowest BCUT2D eigenvalue weighted by molar-refractivity contribution is -0.132. The summed E-state index contributed by atoms with van der Waals surface area (Å²) in [5.74, 6) is -1.97. The van der Waals surface area contributed by atoms with E-state index in [2.05, 4.69) is 0 Å². The predicted octanol–water partition coefficient (Wildman–Crippen LogP) is 2.41. The summed E-state index contributed by atoms with van der Waals surface area (Å²) >= 11 is 0. The molecule has 1 N–H and O–H groups in total. The van der Waals surface area contributed by atoms with Gasteiger partial charge in [-0.3, -0.25) is 14.4 Å². The molecule has 0 radical (unpaired) electrons. The van der Waals surface area contributed by atoms with Gasteiger partial charge in [0, 0.05) is 18.1 Å². The lowest BCUT2D eigenvalue weighted by atomic mass is 9.82. The van der Waals surface area contributed by atoms with Gasteiger partial charge in [-0.15, -0.1) is 0 Å². The van der Waals surface area contributed by atoms with Crippen LogP contribution >= 0.6 is 0 Å². The van der Waals surface area contributed by atoms with Crippen molar-refractivity contribution in [3.05, 3.63) is 52.1 Å². The maximum atomic E-state index is 12.8. The van der Waals surface area contributed by atoms with E-state index in [0.717, 1.165) is 5.56 Å². The third-order valence-corrected chi connectivity index (χ3v) is 3.80. The van der Waals surface area contributed by atoms with Gasteiger partial charge in [0.2, 0.25) is 0 Å². The van der Waals surface area contributed by atoms with Crippen LogP contribution in [0.5, 0.6) is 17.2 Å². The van der Waals surface area contributed by atoms with Gasteiger partial charge in [-0.2, -0.15) is 0 Å². The molecule has 2 aromatic rings. The smallest absolute Gasteiger partial charge is 0.308 e. The minimum Gasteiger partial charge on any atom is -0.504 e. The molecule has 1 aliphatic rings. The highest BCUT2D eigenvalue weighted by Gasteiger charge is 2.36. The average molecular weight is 326 g/mol. The van der Waals surface area contributed by atoms with Gasteiger partial charge >= 0.3 is 5.97 Å². The highest BCUT2D eigenvalue weighted by molar-refractivity contribution is 6.30. The van der Waals surface area contributed by atoms with Crippen LogP contribution in [0.15, 0.2) is 24.3 Å². The summed E-state index contributed by atoms with van der Waals surface area (Å²) in [6, 6.07) is 5.88. The third-order valence-electron chi connectivity index (χ3n) is 3.80. The zero-order valence-electron chi connectivity index (χ0n) is 13.3. The molecule has 0 aromatic heterocycles. The fourth-order valence-electron chi connectivity index (χ4n) is 2.83. The van der Waals surface area contributed by atoms with Gasteiger partial charge < -0.3 is 14.6 Å². The van der Waals surface area contributed by atoms with Crippen molar-refractivity contribution in [2.75, 3.05) is 7.11 Å². The zero-order valence-corrected chi connectivity index (χ0v) is 13.3. The highest BCUT2D eigenvalue weighted by atomic mass is 16.5. The number of esters is 1. The van der Waals surface area contributed by atoms with Crippen molar-refractivity contribution in [3.8, 4) is 17.2 Å². The summed E-state index contributed by atoms with van der Waals surface area (Å²) in [4.78, 5) is 36.7. The van der Waals surface area contributed by atoms with E-state index in [-0.39, 0.29) is 28.0 Å². The number of benzene rings is 2. The van der Waals surface area contributed by atoms with Crippen LogP contribution in [0.3, 0.4) is 0 Å². The quantitative estimate of drug-likeness (QED) is 0.574. The van der Waals surface area contributed by atoms with E-state index in [1.54, 1.807) is 19.1 Å². The molecule has 0 amide bonds. The molecule has 6 heteroatoms. The topological polar surface area (TPSA) is 89.9 Å². The maximum Gasteiger partial charge on any atom is 0.308 e. The fourth-order valence-corrected chi connectivity index (χ4v) is 2.83. The Morgan fingerprint density at radius 2 is 1.67 bits per heavy atom. The molecule has 0 fully saturated rings. The Morgan fingerprint density at radius 3 is 2.29 bits per heavy atom. The van der Waals surface area contributed by atoms with E-state index < -0.39 is 23.3 Å². The number of aromatic hydroxyl groups is 1. The number of hydrogen-bond donors (Lipinski definition) is 1. The molecule has 0 saturated carbocycles. The Bertz CT molecular complexity index is 910. The van der Waals surface area contributed by atoms with Crippen LogP contribution in [0, 0.1) is 6.92 Å². The van der Waals surface area contributed by atoms with Gasteiger partial charge in [0.1, 0.15) is 5.75 Å². The second kappa shape index (κ2) is 5.49. The Kier molecular flexibility index (Phi) is 3.60. The highest BCUT2D eigenvalue weighted by Crippen LogP contribution is 2.41. The van der Waals surface area contributed by atoms with Crippen LogP contribution in [0.2, 0.25) is 0 Å². The Hall–Kier alpha value is -3.15. The molecule has 24 heavy (non-hydrogen) atoms. The Balaban J connectivity index is 2.27. The van der Waals surface area contributed by atoms with Gasteiger partial charge in [0.25, 0.3) is 0 Å². The van der Waals surface area contributed by atoms with E-state index in [1.807, 2.05) is 0 Å². The van der Waals surface area contributed by atoms with Gasteiger partial charge in [-0.25, -0.2) is 0 Å². The van der Waals surface area contributed by atoms with Crippen molar-refractivity contribution >= 4 is 17.5 Å². The number of ketones is 2. The molecular formula is C18H14O6. The van der Waals surface area contributed by atoms with Crippen molar-refractivity contribution in [2.45, 2.75) is 13.8 Å². The fraction of sp³-hybridized carbons (Fsp3) is 0.167. The van der Waals surface area contributed by atoms with E-state index in [9.17, 15) is 19.5 Å². The monoisotopic (exact) mass is 326 g/mol. The molecular weight excluding hydrogens is 312 g/mol. The minimum atomic E-state index is -0.641. The summed E-state index contributed by atoms with van der Waals surface area (Å²) < 4.78 is 10.1. The number of rotatable bonds is 2. The first-order valence-electron chi connectivity index (χ1n) is 7.17. The van der Waals surface area contributed by atoms with Gasteiger partial charge in [0.05, 0.1) is 18.2 Å². The second-order valence-corrected chi connectivity index (χ2v) is 5.48. The first-order valence-corrected chi connectivity index (χ1v) is 7.17. The maximum absolute atomic E-state index is 12.8. The van der Waals surface area contributed by atoms with Gasteiger partial charge in [-0.1, -0.05) is 0 Å². The largest absolute Gasteiger partial charge is 0.504 e. The van der Waals surface area contributed by atoms with E-state index in [0.29, 0.717) is 5.75 Å². The van der Waals surface area contributed by atoms with E-state index in [1.165, 1.54) is 26.2 Å². The van der Waals surface area contributed by atoms with Gasteiger partial charge in [0.15, 0.2) is 23.1 Å². The number of hydrogen-bond acceptors (Lipinski definition) is 6. The lowest BCUT2D eigenvalue weighted by Gasteiger charge is -2.21. The third kappa shape index (κ3) is 2.23. The summed E-state index contributed by atoms with van der Waals surface area (Å²) in [5.41, 5.74) is 0.938. The number of fused-ring (bicyclic) bond motifs is 2. The van der Waals surface area contributed by atoms with Crippen LogP contribution in [0.25, 0.3) is 0 Å². The van der Waals surface area contributed by atoms with Crippen molar-refractivity contribution in [3.63, 3.8) is 0 Å². The molecule has 0 unspecified atom stereocenters. The second-order valence-electron chi connectivity index (χ2n) is 5.48. The van der Waals surface area contributed by atoms with Crippen molar-refractivity contribution < 1.29 is 29.0 Å². The van der Waals surface area contributed by atoms with E-state index in [4.69, 9.17) is 9.47 Å². The molecule has 6 nitrogen and oxygen atoms in total. The number of phenolic OH excluding ortho intramolecular Hbond substituents is 1. The molecule has 0 saturated heterocycles. The Labute approximate surface area is 137 Å². The molecule has 0 heterocycles. The van der Waals surface area contributed by atoms with Crippen molar-refractivity contribution in [1.29, 1.82) is 0 Å². The van der Waals surface area contributed by atoms with Crippen molar-refractivity contribution in [2.24, 2.45) is 0 Å². The van der Waals surface area contributed by atoms with Gasteiger partial charge in [-0.05, 0) is 36.8 Å². The summed E-state index contributed by atoms with van der Waals surface area (Å²) in [5, 5.41) is 10.3. The average Bonchev–Trinajstić information content (AvgIpc) is 2.53. The number of carbonyl (C=O) groups excluding carboxylic acids is 3. The number of methoxy groups -OCH3 is 1. The first kappa shape index (κ1) is 15.7. The zero-order chi connectivity index (χ0) is 17.6. The summed E-state index contributed by atoms with van der Waals surface area (Å²) in [7, 11) is 1.42. The van der Waals surface area contributed by atoms with E-state index >= 15 is 0 Å². The first-order chi connectivity index (χ1) is 11.3. The SMILES string of the molecule is COc1cc(C)cc2c1C(=O)c1ccc(OC(C)=O)c(O)c1C2=O. The molecule has 1 aliphatic carbocycles. The normalized spacial score (nSPS) is 12.5. The van der Waals surface area contributed by atoms with Crippen LogP contribution in [-0.2, 0) is 4.79 Å². The molecule has 0 bridgehead atoms. The van der Waals surface area contributed by atoms with Crippen LogP contribution in [0.1, 0.15) is 44.3 Å². The lowest BCUT2D eigenvalue weighted by Crippen LogP contribution is -2.22. The minimum absolute atomic E-state index is 0.0445. The molecule has 0 aliphatic heterocycles. The molecule has 3 rings (SSSR count). The standard InChI is InChI=1S/C18H14O6/c1-8-6-11-14(13(7-8)23-3)16(20)10-4-5-12(24-9(2)19)18(22)15(10)17(11)21/h4-7,22H,1-3H3. The number of carbonyl (C=O) groups is 3. The van der Waals surface area contributed by atoms with Crippen LogP contribution in [-0.4, -0.2) is 29.8 Å². The molecule has 2 aromatic carbocycles. The summed E-state index contributed by atoms with van der Waals surface area (Å²) in [6.45, 7) is 2.95. The molecule has 0 atom stereocenters. The van der Waals surface area contributed by atoms with Crippen LogP contribution < -0.4 is 9.47 Å². The summed E-state index contributed by atoms with van der Waals surface area (Å²) in [6.07, 6.45) is 0.